The van der Waals surface area contributed by atoms with E-state index >= 15 is 0 Å². The number of hydrogen-bond acceptors (Lipinski definition) is 3. The molecule has 18 heavy (non-hydrogen) atoms. The van der Waals surface area contributed by atoms with Gasteiger partial charge in [-0.05, 0) is 38.3 Å². The summed E-state index contributed by atoms with van der Waals surface area (Å²) < 4.78 is 26.0. The lowest BCUT2D eigenvalue weighted by Crippen LogP contribution is -2.29. The van der Waals surface area contributed by atoms with E-state index in [-0.39, 0.29) is 5.75 Å². The van der Waals surface area contributed by atoms with Crippen molar-refractivity contribution in [3.05, 3.63) is 0 Å². The monoisotopic (exact) mass is 276 g/mol. The standard InChI is InChI=1S/C13H28N2O2S/c1-2-14-10-6-12-18(16,17)15-11-5-9-13-7-3-4-8-13/h13-15H,2-12H2,1H3. The molecule has 4 nitrogen and oxygen atoms in total. The molecule has 0 aromatic heterocycles. The molecule has 108 valence electrons. The van der Waals surface area contributed by atoms with Crippen LogP contribution in [0.2, 0.25) is 0 Å². The minimum absolute atomic E-state index is 0.240. The summed E-state index contributed by atoms with van der Waals surface area (Å²) in [5.41, 5.74) is 0. The minimum atomic E-state index is -3.05. The maximum Gasteiger partial charge on any atom is 0.211 e. The summed E-state index contributed by atoms with van der Waals surface area (Å²) in [6.45, 7) is 4.31. The molecule has 0 bridgehead atoms. The van der Waals surface area contributed by atoms with Crippen molar-refractivity contribution in [2.75, 3.05) is 25.4 Å². The average molecular weight is 276 g/mol. The summed E-state index contributed by atoms with van der Waals surface area (Å²) in [5, 5.41) is 3.13. The molecule has 0 radical (unpaired) electrons. The van der Waals surface area contributed by atoms with Gasteiger partial charge in [-0.15, -0.1) is 0 Å². The first kappa shape index (κ1) is 15.9. The smallest absolute Gasteiger partial charge is 0.211 e. The van der Waals surface area contributed by atoms with E-state index in [1.54, 1.807) is 0 Å². The Balaban J connectivity index is 2.01. The lowest BCUT2D eigenvalue weighted by Gasteiger charge is -2.10. The third-order valence-corrected chi connectivity index (χ3v) is 5.07. The lowest BCUT2D eigenvalue weighted by atomic mass is 10.0. The molecule has 0 aromatic rings. The SMILES string of the molecule is CCNCCCS(=O)(=O)NCCCC1CCCC1. The van der Waals surface area contributed by atoms with Gasteiger partial charge >= 0.3 is 0 Å². The van der Waals surface area contributed by atoms with Crippen LogP contribution in [-0.2, 0) is 10.0 Å². The highest BCUT2D eigenvalue weighted by molar-refractivity contribution is 7.89. The van der Waals surface area contributed by atoms with Crippen LogP contribution in [0.25, 0.3) is 0 Å². The maximum atomic E-state index is 11.7. The van der Waals surface area contributed by atoms with Crippen LogP contribution in [-0.4, -0.2) is 33.8 Å². The van der Waals surface area contributed by atoms with Crippen LogP contribution < -0.4 is 10.0 Å². The van der Waals surface area contributed by atoms with Gasteiger partial charge in [0, 0.05) is 6.54 Å². The highest BCUT2D eigenvalue weighted by Crippen LogP contribution is 2.28. The van der Waals surface area contributed by atoms with Gasteiger partial charge in [-0.3, -0.25) is 0 Å². The Bertz CT molecular complexity index is 298. The molecule has 1 aliphatic rings. The van der Waals surface area contributed by atoms with Crippen molar-refractivity contribution in [2.24, 2.45) is 5.92 Å². The van der Waals surface area contributed by atoms with Gasteiger partial charge in [0.25, 0.3) is 0 Å². The summed E-state index contributed by atoms with van der Waals surface area (Å²) in [7, 11) is -3.05. The van der Waals surface area contributed by atoms with Gasteiger partial charge in [-0.1, -0.05) is 32.6 Å². The van der Waals surface area contributed by atoms with Gasteiger partial charge in [0.1, 0.15) is 0 Å². The third kappa shape index (κ3) is 7.34. The molecule has 0 spiro atoms. The zero-order valence-corrected chi connectivity index (χ0v) is 12.4. The van der Waals surface area contributed by atoms with Crippen molar-refractivity contribution in [3.8, 4) is 0 Å². The summed E-state index contributed by atoms with van der Waals surface area (Å²) in [5.74, 6) is 1.09. The van der Waals surface area contributed by atoms with Crippen LogP contribution >= 0.6 is 0 Å². The average Bonchev–Trinajstić information content (AvgIpc) is 2.83. The van der Waals surface area contributed by atoms with Crippen molar-refractivity contribution in [2.45, 2.75) is 51.9 Å². The second kappa shape index (κ2) is 8.88. The van der Waals surface area contributed by atoms with Gasteiger partial charge in [0.15, 0.2) is 0 Å². The fourth-order valence-corrected chi connectivity index (χ4v) is 3.68. The van der Waals surface area contributed by atoms with E-state index in [0.29, 0.717) is 13.0 Å². The molecule has 0 unspecified atom stereocenters. The lowest BCUT2D eigenvalue weighted by molar-refractivity contribution is 0.480. The van der Waals surface area contributed by atoms with E-state index in [9.17, 15) is 8.42 Å². The molecule has 5 heteroatoms. The van der Waals surface area contributed by atoms with Gasteiger partial charge in [0.2, 0.25) is 10.0 Å². The van der Waals surface area contributed by atoms with Crippen LogP contribution in [0.3, 0.4) is 0 Å². The van der Waals surface area contributed by atoms with Crippen molar-refractivity contribution in [3.63, 3.8) is 0 Å². The molecule has 0 amide bonds. The molecule has 2 N–H and O–H groups in total. The highest BCUT2D eigenvalue weighted by atomic mass is 32.2. The number of rotatable bonds is 10. The van der Waals surface area contributed by atoms with E-state index in [2.05, 4.69) is 10.0 Å². The first-order chi connectivity index (χ1) is 8.64. The summed E-state index contributed by atoms with van der Waals surface area (Å²) >= 11 is 0. The second-order valence-electron chi connectivity index (χ2n) is 5.21. The van der Waals surface area contributed by atoms with Crippen molar-refractivity contribution >= 4 is 10.0 Å². The van der Waals surface area contributed by atoms with Crippen molar-refractivity contribution in [1.82, 2.24) is 10.0 Å². The number of sulfonamides is 1. The molecule has 1 aliphatic carbocycles. The predicted octanol–water partition coefficient (Wildman–Crippen LogP) is 1.88. The molecule has 0 heterocycles. The van der Waals surface area contributed by atoms with E-state index in [1.165, 1.54) is 32.1 Å². The first-order valence-electron chi connectivity index (χ1n) is 7.32. The topological polar surface area (TPSA) is 58.2 Å². The number of nitrogens with one attached hydrogen (secondary N) is 2. The van der Waals surface area contributed by atoms with Crippen LogP contribution in [0.15, 0.2) is 0 Å². The van der Waals surface area contributed by atoms with Crippen LogP contribution in [0, 0.1) is 5.92 Å². The van der Waals surface area contributed by atoms with E-state index in [4.69, 9.17) is 0 Å². The third-order valence-electron chi connectivity index (χ3n) is 3.60. The van der Waals surface area contributed by atoms with Crippen molar-refractivity contribution in [1.29, 1.82) is 0 Å². The molecule has 1 fully saturated rings. The first-order valence-corrected chi connectivity index (χ1v) is 8.97. The van der Waals surface area contributed by atoms with Gasteiger partial charge in [-0.2, -0.15) is 0 Å². The Labute approximate surface area is 112 Å². The molecular formula is C13H28N2O2S. The van der Waals surface area contributed by atoms with Gasteiger partial charge < -0.3 is 5.32 Å². The molecule has 0 aromatic carbocycles. The maximum absolute atomic E-state index is 11.7. The molecule has 1 saturated carbocycles. The summed E-state index contributed by atoms with van der Waals surface area (Å²) in [4.78, 5) is 0. The normalized spacial score (nSPS) is 17.4. The Kier molecular flexibility index (Phi) is 7.86. The molecule has 0 saturated heterocycles. The molecule has 0 aliphatic heterocycles. The predicted molar refractivity (Wildman–Crippen MR) is 76.1 cm³/mol. The zero-order chi connectivity index (χ0) is 13.3. The minimum Gasteiger partial charge on any atom is -0.317 e. The fraction of sp³-hybridized carbons (Fsp3) is 1.00. The largest absolute Gasteiger partial charge is 0.317 e. The van der Waals surface area contributed by atoms with Crippen LogP contribution in [0.5, 0.6) is 0 Å². The quantitative estimate of drug-likeness (QED) is 0.599. The zero-order valence-electron chi connectivity index (χ0n) is 11.6. The Morgan fingerprint density at radius 1 is 1.11 bits per heavy atom. The number of hydrogen-bond donors (Lipinski definition) is 2. The second-order valence-corrected chi connectivity index (χ2v) is 7.14. The highest BCUT2D eigenvalue weighted by Gasteiger charge is 2.15. The van der Waals surface area contributed by atoms with E-state index in [0.717, 1.165) is 25.4 Å². The van der Waals surface area contributed by atoms with Crippen LogP contribution in [0.4, 0.5) is 0 Å². The van der Waals surface area contributed by atoms with E-state index in [1.807, 2.05) is 6.92 Å². The molecular weight excluding hydrogens is 248 g/mol. The Morgan fingerprint density at radius 2 is 1.83 bits per heavy atom. The molecule has 1 rings (SSSR count). The van der Waals surface area contributed by atoms with E-state index < -0.39 is 10.0 Å². The fourth-order valence-electron chi connectivity index (χ4n) is 2.55. The van der Waals surface area contributed by atoms with Gasteiger partial charge in [0.05, 0.1) is 5.75 Å². The Morgan fingerprint density at radius 3 is 2.50 bits per heavy atom. The van der Waals surface area contributed by atoms with Crippen molar-refractivity contribution < 1.29 is 8.42 Å². The van der Waals surface area contributed by atoms with Gasteiger partial charge in [-0.25, -0.2) is 13.1 Å². The Hall–Kier alpha value is -0.130. The summed E-state index contributed by atoms with van der Waals surface area (Å²) in [6, 6.07) is 0. The van der Waals surface area contributed by atoms with Crippen LogP contribution in [0.1, 0.15) is 51.9 Å². The summed E-state index contributed by atoms with van der Waals surface area (Å²) in [6.07, 6.45) is 8.26. The molecule has 0 atom stereocenters.